The zero-order valence-electron chi connectivity index (χ0n) is 10.2. The highest BCUT2D eigenvalue weighted by Crippen LogP contribution is 2.37. The molecule has 100 valence electrons. The van der Waals surface area contributed by atoms with Gasteiger partial charge in [0.25, 0.3) is 0 Å². The van der Waals surface area contributed by atoms with Gasteiger partial charge in [0.05, 0.1) is 12.7 Å². The molecule has 0 radical (unpaired) electrons. The first-order chi connectivity index (χ1) is 8.52. The minimum absolute atomic E-state index is 0.232. The Morgan fingerprint density at radius 2 is 2.11 bits per heavy atom. The van der Waals surface area contributed by atoms with Gasteiger partial charge in [-0.05, 0) is 37.1 Å². The van der Waals surface area contributed by atoms with E-state index in [1.54, 1.807) is 6.07 Å². The molecule has 0 spiro atoms. The molecule has 5 heteroatoms. The molecule has 0 unspecified atom stereocenters. The van der Waals surface area contributed by atoms with E-state index >= 15 is 0 Å². The number of hydrogen-bond acceptors (Lipinski definition) is 2. The van der Waals surface area contributed by atoms with Gasteiger partial charge in [0.2, 0.25) is 0 Å². The van der Waals surface area contributed by atoms with Gasteiger partial charge in [-0.25, -0.2) is 0 Å². The summed E-state index contributed by atoms with van der Waals surface area (Å²) in [6.07, 6.45) is -2.31. The number of nitrogens with one attached hydrogen (secondary N) is 1. The Labute approximate surface area is 104 Å². The van der Waals surface area contributed by atoms with Gasteiger partial charge < -0.3 is 10.1 Å². The molecule has 0 bridgehead atoms. The Morgan fingerprint density at radius 1 is 1.33 bits per heavy atom. The van der Waals surface area contributed by atoms with Crippen LogP contribution in [0.15, 0.2) is 18.2 Å². The molecule has 2 rings (SSSR count). The minimum atomic E-state index is -4.32. The number of methoxy groups -OCH3 is 1. The topological polar surface area (TPSA) is 21.3 Å². The minimum Gasteiger partial charge on any atom is -0.496 e. The summed E-state index contributed by atoms with van der Waals surface area (Å²) in [5, 5.41) is 3.25. The van der Waals surface area contributed by atoms with Gasteiger partial charge in [-0.1, -0.05) is 6.07 Å². The quantitative estimate of drug-likeness (QED) is 0.880. The van der Waals surface area contributed by atoms with Crippen molar-refractivity contribution in [3.63, 3.8) is 0 Å². The van der Waals surface area contributed by atoms with Crippen molar-refractivity contribution in [2.24, 2.45) is 0 Å². The summed E-state index contributed by atoms with van der Waals surface area (Å²) in [5.74, 6) is 0.564. The molecule has 1 aliphatic rings. The average Bonchev–Trinajstić information content (AvgIpc) is 2.38. The van der Waals surface area contributed by atoms with Crippen molar-refractivity contribution in [2.75, 3.05) is 20.2 Å². The normalized spacial score (nSPS) is 20.8. The lowest BCUT2D eigenvalue weighted by Crippen LogP contribution is -2.28. The fraction of sp³-hybridized carbons (Fsp3) is 0.538. The number of benzene rings is 1. The van der Waals surface area contributed by atoms with E-state index in [1.807, 2.05) is 0 Å². The molecule has 0 amide bonds. The molecule has 1 aromatic carbocycles. The van der Waals surface area contributed by atoms with Crippen LogP contribution in [0.25, 0.3) is 0 Å². The van der Waals surface area contributed by atoms with E-state index in [9.17, 15) is 13.2 Å². The van der Waals surface area contributed by atoms with Gasteiger partial charge in [-0.2, -0.15) is 13.2 Å². The average molecular weight is 259 g/mol. The third-order valence-corrected chi connectivity index (χ3v) is 3.30. The Hall–Kier alpha value is -1.23. The highest BCUT2D eigenvalue weighted by Gasteiger charge is 2.32. The highest BCUT2D eigenvalue weighted by atomic mass is 19.4. The van der Waals surface area contributed by atoms with E-state index in [0.717, 1.165) is 43.6 Å². The number of hydrogen-bond donors (Lipinski definition) is 1. The second-order valence-corrected chi connectivity index (χ2v) is 4.50. The predicted molar refractivity (Wildman–Crippen MR) is 62.8 cm³/mol. The van der Waals surface area contributed by atoms with Gasteiger partial charge in [-0.3, -0.25) is 0 Å². The lowest BCUT2D eigenvalue weighted by Gasteiger charge is -2.25. The van der Waals surface area contributed by atoms with Crippen LogP contribution in [0.3, 0.4) is 0 Å². The van der Waals surface area contributed by atoms with Crippen LogP contribution in [0.1, 0.15) is 29.9 Å². The Morgan fingerprint density at radius 3 is 2.67 bits per heavy atom. The maximum absolute atomic E-state index is 12.6. The molecule has 0 saturated carbocycles. The lowest BCUT2D eigenvalue weighted by molar-refractivity contribution is -0.137. The third-order valence-electron chi connectivity index (χ3n) is 3.30. The molecule has 1 saturated heterocycles. The van der Waals surface area contributed by atoms with Gasteiger partial charge in [0.1, 0.15) is 5.75 Å². The summed E-state index contributed by atoms with van der Waals surface area (Å²) in [6.45, 7) is 1.77. The molecule has 0 aliphatic carbocycles. The standard InChI is InChI=1S/C13H16F3NO/c1-18-12-7-10(13(14,15)16)4-5-11(12)9-3-2-6-17-8-9/h4-5,7,9,17H,2-3,6,8H2,1H3/t9-/m1/s1. The molecule has 1 aromatic rings. The summed E-state index contributed by atoms with van der Waals surface area (Å²) < 4.78 is 42.9. The highest BCUT2D eigenvalue weighted by molar-refractivity contribution is 5.41. The van der Waals surface area contributed by atoms with Crippen molar-refractivity contribution in [3.8, 4) is 5.75 Å². The maximum atomic E-state index is 12.6. The first-order valence-corrected chi connectivity index (χ1v) is 5.98. The van der Waals surface area contributed by atoms with Gasteiger partial charge in [0.15, 0.2) is 0 Å². The van der Waals surface area contributed by atoms with Crippen molar-refractivity contribution in [1.29, 1.82) is 0 Å². The fourth-order valence-electron chi connectivity index (χ4n) is 2.34. The van der Waals surface area contributed by atoms with Crippen LogP contribution in [0.4, 0.5) is 13.2 Å². The molecule has 1 fully saturated rings. The van der Waals surface area contributed by atoms with E-state index in [2.05, 4.69) is 5.32 Å². The Balaban J connectivity index is 2.30. The van der Waals surface area contributed by atoms with Crippen LogP contribution < -0.4 is 10.1 Å². The van der Waals surface area contributed by atoms with Crippen molar-refractivity contribution in [3.05, 3.63) is 29.3 Å². The van der Waals surface area contributed by atoms with Crippen LogP contribution in [-0.4, -0.2) is 20.2 Å². The molecule has 1 atom stereocenters. The Bertz CT molecular complexity index is 411. The number of piperidine rings is 1. The zero-order valence-corrected chi connectivity index (χ0v) is 10.2. The molecule has 0 aromatic heterocycles. The Kier molecular flexibility index (Phi) is 3.80. The van der Waals surface area contributed by atoms with Crippen molar-refractivity contribution in [1.82, 2.24) is 5.32 Å². The number of ether oxygens (including phenoxy) is 1. The molecule has 1 heterocycles. The summed E-state index contributed by atoms with van der Waals surface area (Å²) in [5.41, 5.74) is 0.199. The summed E-state index contributed by atoms with van der Waals surface area (Å²) >= 11 is 0. The molecular weight excluding hydrogens is 243 g/mol. The van der Waals surface area contributed by atoms with E-state index in [-0.39, 0.29) is 5.92 Å². The van der Waals surface area contributed by atoms with Crippen molar-refractivity contribution < 1.29 is 17.9 Å². The van der Waals surface area contributed by atoms with Crippen LogP contribution in [0, 0.1) is 0 Å². The van der Waals surface area contributed by atoms with Crippen LogP contribution >= 0.6 is 0 Å². The largest absolute Gasteiger partial charge is 0.496 e. The van der Waals surface area contributed by atoms with Gasteiger partial charge in [-0.15, -0.1) is 0 Å². The summed E-state index contributed by atoms with van der Waals surface area (Å²) in [7, 11) is 1.41. The molecule has 1 aliphatic heterocycles. The van der Waals surface area contributed by atoms with Gasteiger partial charge in [0, 0.05) is 12.5 Å². The zero-order chi connectivity index (χ0) is 13.2. The summed E-state index contributed by atoms with van der Waals surface area (Å²) in [6, 6.07) is 3.76. The van der Waals surface area contributed by atoms with E-state index < -0.39 is 11.7 Å². The number of alkyl halides is 3. The fourth-order valence-corrected chi connectivity index (χ4v) is 2.34. The smallest absolute Gasteiger partial charge is 0.416 e. The van der Waals surface area contributed by atoms with Crippen LogP contribution in [-0.2, 0) is 6.18 Å². The van der Waals surface area contributed by atoms with E-state index in [4.69, 9.17) is 4.74 Å². The predicted octanol–water partition coefficient (Wildman–Crippen LogP) is 3.18. The van der Waals surface area contributed by atoms with Crippen LogP contribution in [0.2, 0.25) is 0 Å². The SMILES string of the molecule is COc1cc(C(F)(F)F)ccc1[C@@H]1CCCNC1. The number of rotatable bonds is 2. The third kappa shape index (κ3) is 2.77. The maximum Gasteiger partial charge on any atom is 0.416 e. The molecule has 2 nitrogen and oxygen atoms in total. The first kappa shape index (κ1) is 13.2. The van der Waals surface area contributed by atoms with E-state index in [0.29, 0.717) is 5.75 Å². The molecule has 18 heavy (non-hydrogen) atoms. The van der Waals surface area contributed by atoms with Crippen LogP contribution in [0.5, 0.6) is 5.75 Å². The number of halogens is 3. The summed E-state index contributed by atoms with van der Waals surface area (Å²) in [4.78, 5) is 0. The second kappa shape index (κ2) is 5.18. The van der Waals surface area contributed by atoms with Gasteiger partial charge >= 0.3 is 6.18 Å². The molecule has 1 N–H and O–H groups in total. The molecular formula is C13H16F3NO. The van der Waals surface area contributed by atoms with Crippen molar-refractivity contribution >= 4 is 0 Å². The van der Waals surface area contributed by atoms with Crippen molar-refractivity contribution in [2.45, 2.75) is 24.9 Å². The first-order valence-electron chi connectivity index (χ1n) is 5.98. The van der Waals surface area contributed by atoms with E-state index in [1.165, 1.54) is 7.11 Å². The monoisotopic (exact) mass is 259 g/mol. The lowest BCUT2D eigenvalue weighted by atomic mass is 9.90. The second-order valence-electron chi connectivity index (χ2n) is 4.50.